The number of hydrogen-bond donors (Lipinski definition) is 0. The van der Waals surface area contributed by atoms with Gasteiger partial charge in [-0.1, -0.05) is 276 Å². The summed E-state index contributed by atoms with van der Waals surface area (Å²) in [6.45, 7) is 6.63. The minimum atomic E-state index is -0.788. The first-order valence-corrected chi connectivity index (χ1v) is 28.3. The Balaban J connectivity index is 4.35. The van der Waals surface area contributed by atoms with Crippen molar-refractivity contribution in [1.82, 2.24) is 0 Å². The molecule has 0 N–H and O–H groups in total. The molecule has 0 aliphatic carbocycles. The molecule has 0 fully saturated rings. The number of allylic oxidation sites excluding steroid dienone is 4. The molecule has 376 valence electrons. The van der Waals surface area contributed by atoms with E-state index in [1.54, 1.807) is 0 Å². The van der Waals surface area contributed by atoms with E-state index in [1.807, 2.05) is 6.08 Å². The molecular formula is C58H108O6. The minimum absolute atomic E-state index is 0.0826. The molecule has 1 atom stereocenters. The van der Waals surface area contributed by atoms with Gasteiger partial charge in [0.05, 0.1) is 0 Å². The lowest BCUT2D eigenvalue weighted by atomic mass is 10.0. The number of esters is 3. The van der Waals surface area contributed by atoms with E-state index in [0.717, 1.165) is 51.4 Å². The largest absolute Gasteiger partial charge is 0.462 e. The molecule has 64 heavy (non-hydrogen) atoms. The van der Waals surface area contributed by atoms with Gasteiger partial charge >= 0.3 is 17.9 Å². The van der Waals surface area contributed by atoms with Crippen LogP contribution < -0.4 is 0 Å². The first kappa shape index (κ1) is 61.9. The van der Waals surface area contributed by atoms with Crippen LogP contribution in [0, 0.1) is 0 Å². The van der Waals surface area contributed by atoms with Gasteiger partial charge in [0.15, 0.2) is 6.10 Å². The van der Waals surface area contributed by atoms with Crippen LogP contribution in [-0.4, -0.2) is 37.2 Å². The highest BCUT2D eigenvalue weighted by Crippen LogP contribution is 2.17. The first-order chi connectivity index (χ1) is 31.5. The number of ether oxygens (including phenoxy) is 3. The summed E-state index contributed by atoms with van der Waals surface area (Å²) in [6.07, 6.45) is 61.8. The van der Waals surface area contributed by atoms with Crippen LogP contribution >= 0.6 is 0 Å². The van der Waals surface area contributed by atoms with E-state index < -0.39 is 6.10 Å². The van der Waals surface area contributed by atoms with Crippen molar-refractivity contribution in [3.05, 3.63) is 24.3 Å². The van der Waals surface area contributed by atoms with E-state index in [4.69, 9.17) is 14.2 Å². The third-order valence-corrected chi connectivity index (χ3v) is 12.7. The fraction of sp³-hybridized carbons (Fsp3) is 0.879. The van der Waals surface area contributed by atoms with Crippen LogP contribution in [0.1, 0.15) is 310 Å². The van der Waals surface area contributed by atoms with Gasteiger partial charge in [-0.3, -0.25) is 14.4 Å². The average molecular weight is 901 g/mol. The maximum atomic E-state index is 12.8. The van der Waals surface area contributed by atoms with Gasteiger partial charge in [0, 0.05) is 19.3 Å². The fourth-order valence-electron chi connectivity index (χ4n) is 8.44. The molecule has 0 saturated heterocycles. The maximum Gasteiger partial charge on any atom is 0.306 e. The molecule has 0 amide bonds. The van der Waals surface area contributed by atoms with Crippen molar-refractivity contribution >= 4 is 17.9 Å². The molecule has 0 aromatic heterocycles. The van der Waals surface area contributed by atoms with Crippen LogP contribution in [0.2, 0.25) is 0 Å². The number of carbonyl (C=O) groups is 3. The standard InChI is InChI=1S/C58H108O6/c1-4-7-10-13-16-19-22-25-27-28-29-31-33-36-39-42-45-48-51-57(60)63-54-55(53-62-56(59)50-47-44-41-38-35-32-24-21-18-15-12-9-6-3)64-58(61)52-49-46-43-40-37-34-30-26-23-20-17-14-11-8-5-2/h32,35,41,44,55H,4-31,33-34,36-40,42-43,45-54H2,1-3H3/b35-32-,44-41-. The van der Waals surface area contributed by atoms with E-state index in [2.05, 4.69) is 39.0 Å². The van der Waals surface area contributed by atoms with Crippen LogP contribution in [0.15, 0.2) is 24.3 Å². The maximum absolute atomic E-state index is 12.8. The Hall–Kier alpha value is -2.11. The van der Waals surface area contributed by atoms with Gasteiger partial charge in [-0.15, -0.1) is 0 Å². The summed E-state index contributed by atoms with van der Waals surface area (Å²) in [5.74, 6) is -0.933. The van der Waals surface area contributed by atoms with E-state index in [0.29, 0.717) is 19.3 Å². The smallest absolute Gasteiger partial charge is 0.306 e. The van der Waals surface area contributed by atoms with Gasteiger partial charge in [-0.05, 0) is 38.5 Å². The van der Waals surface area contributed by atoms with Crippen LogP contribution in [0.5, 0.6) is 0 Å². The van der Waals surface area contributed by atoms with Gasteiger partial charge in [0.25, 0.3) is 0 Å². The van der Waals surface area contributed by atoms with Crippen LogP contribution in [0.3, 0.4) is 0 Å². The fourth-order valence-corrected chi connectivity index (χ4v) is 8.44. The van der Waals surface area contributed by atoms with Crippen molar-refractivity contribution < 1.29 is 28.6 Å². The van der Waals surface area contributed by atoms with Crippen LogP contribution in [-0.2, 0) is 28.6 Å². The Morgan fingerprint density at radius 3 is 0.953 bits per heavy atom. The SMILES string of the molecule is CCCCCCCC/C=C\C/C=C\CCC(=O)OCC(COC(=O)CCCCCCCCCCCCCCCCCCCC)OC(=O)CCCCCCCCCCCCCCCCC. The summed E-state index contributed by atoms with van der Waals surface area (Å²) < 4.78 is 16.8. The molecule has 1 unspecified atom stereocenters. The third kappa shape index (κ3) is 50.9. The van der Waals surface area contributed by atoms with Gasteiger partial charge in [-0.25, -0.2) is 0 Å². The topological polar surface area (TPSA) is 78.9 Å². The molecule has 6 nitrogen and oxygen atoms in total. The zero-order chi connectivity index (χ0) is 46.5. The van der Waals surface area contributed by atoms with Crippen molar-refractivity contribution in [2.75, 3.05) is 13.2 Å². The molecule has 0 aliphatic heterocycles. The van der Waals surface area contributed by atoms with Gasteiger partial charge in [0.2, 0.25) is 0 Å². The van der Waals surface area contributed by atoms with E-state index in [9.17, 15) is 14.4 Å². The zero-order valence-electron chi connectivity index (χ0n) is 43.1. The molecule has 0 aromatic rings. The second kappa shape index (κ2) is 53.5. The summed E-state index contributed by atoms with van der Waals surface area (Å²) in [6, 6.07) is 0. The molecule has 0 aliphatic rings. The Kier molecular flexibility index (Phi) is 51.7. The third-order valence-electron chi connectivity index (χ3n) is 12.7. The molecule has 0 saturated carbocycles. The van der Waals surface area contributed by atoms with Gasteiger partial charge in [-0.2, -0.15) is 0 Å². The number of unbranched alkanes of at least 4 members (excludes halogenated alkanes) is 37. The molecule has 0 radical (unpaired) electrons. The molecule has 0 heterocycles. The van der Waals surface area contributed by atoms with Crippen molar-refractivity contribution in [3.8, 4) is 0 Å². The molecule has 6 heteroatoms. The first-order valence-electron chi connectivity index (χ1n) is 28.3. The summed E-state index contributed by atoms with van der Waals surface area (Å²) in [7, 11) is 0. The molecule has 0 aromatic carbocycles. The normalized spacial score (nSPS) is 12.1. The quantitative estimate of drug-likeness (QED) is 0.0262. The zero-order valence-corrected chi connectivity index (χ0v) is 43.1. The predicted molar refractivity (Wildman–Crippen MR) is 275 cm³/mol. The molecule has 0 spiro atoms. The van der Waals surface area contributed by atoms with Crippen molar-refractivity contribution in [2.24, 2.45) is 0 Å². The monoisotopic (exact) mass is 901 g/mol. The summed E-state index contributed by atoms with van der Waals surface area (Å²) in [5, 5.41) is 0. The number of rotatable bonds is 52. The lowest BCUT2D eigenvalue weighted by molar-refractivity contribution is -0.166. The second-order valence-corrected chi connectivity index (χ2v) is 19.2. The molecule has 0 rings (SSSR count). The summed E-state index contributed by atoms with van der Waals surface area (Å²) >= 11 is 0. The summed E-state index contributed by atoms with van der Waals surface area (Å²) in [5.41, 5.74) is 0. The number of carbonyl (C=O) groups excluding carboxylic acids is 3. The lowest BCUT2D eigenvalue weighted by Gasteiger charge is -2.18. The Bertz CT molecular complexity index is 1040. The highest BCUT2D eigenvalue weighted by atomic mass is 16.6. The van der Waals surface area contributed by atoms with Gasteiger partial charge < -0.3 is 14.2 Å². The highest BCUT2D eigenvalue weighted by Gasteiger charge is 2.19. The second-order valence-electron chi connectivity index (χ2n) is 19.2. The van der Waals surface area contributed by atoms with E-state index >= 15 is 0 Å². The minimum Gasteiger partial charge on any atom is -0.462 e. The Morgan fingerprint density at radius 2 is 0.594 bits per heavy atom. The molecular weight excluding hydrogens is 793 g/mol. The van der Waals surface area contributed by atoms with E-state index in [1.165, 1.54) is 212 Å². The van der Waals surface area contributed by atoms with Crippen molar-refractivity contribution in [3.63, 3.8) is 0 Å². The Morgan fingerprint density at radius 1 is 0.312 bits per heavy atom. The molecule has 0 bridgehead atoms. The van der Waals surface area contributed by atoms with Crippen LogP contribution in [0.4, 0.5) is 0 Å². The number of hydrogen-bond acceptors (Lipinski definition) is 6. The predicted octanol–water partition coefficient (Wildman–Crippen LogP) is 18.7. The average Bonchev–Trinajstić information content (AvgIpc) is 3.29. The highest BCUT2D eigenvalue weighted by molar-refractivity contribution is 5.71. The van der Waals surface area contributed by atoms with Crippen molar-refractivity contribution in [1.29, 1.82) is 0 Å². The van der Waals surface area contributed by atoms with Gasteiger partial charge in [0.1, 0.15) is 13.2 Å². The summed E-state index contributed by atoms with van der Waals surface area (Å²) in [4.78, 5) is 38.0. The Labute approximate surface area is 398 Å². The lowest BCUT2D eigenvalue weighted by Crippen LogP contribution is -2.30. The van der Waals surface area contributed by atoms with E-state index in [-0.39, 0.29) is 37.5 Å². The van der Waals surface area contributed by atoms with Crippen molar-refractivity contribution in [2.45, 2.75) is 316 Å². The van der Waals surface area contributed by atoms with Crippen LogP contribution in [0.25, 0.3) is 0 Å².